The molecule has 0 unspecified atom stereocenters. The minimum atomic E-state index is -0.388. The zero-order chi connectivity index (χ0) is 5.70. The van der Waals surface area contributed by atoms with Gasteiger partial charge in [0.1, 0.15) is 0 Å². The maximum absolute atomic E-state index is 9.87. The van der Waals surface area contributed by atoms with Crippen LogP contribution in [0.15, 0.2) is 0 Å². The van der Waals surface area contributed by atoms with Crippen molar-refractivity contribution in [2.45, 2.75) is 0 Å². The molecule has 0 atom stereocenters. The third-order valence-electron chi connectivity index (χ3n) is 0.293. The van der Waals surface area contributed by atoms with Crippen LogP contribution in [0.25, 0.3) is 0 Å². The number of halogens is 2. The Morgan fingerprint density at radius 1 is 1.71 bits per heavy atom. The zero-order valence-electron chi connectivity index (χ0n) is 3.49. The monoisotopic (exact) mass is 158 g/mol. The van der Waals surface area contributed by atoms with Crippen LogP contribution in [-0.2, 0) is 0 Å². The Hall–Kier alpha value is 0.600. The highest BCUT2D eigenvalue weighted by Gasteiger charge is 1.91. The van der Waals surface area contributed by atoms with Crippen molar-refractivity contribution >= 4 is 39.5 Å². The summed E-state index contributed by atoms with van der Waals surface area (Å²) in [7, 11) is 0. The third kappa shape index (κ3) is 6.60. The quantitative estimate of drug-likeness (QED) is 0.454. The van der Waals surface area contributed by atoms with Crippen molar-refractivity contribution < 1.29 is 4.79 Å². The van der Waals surface area contributed by atoms with Gasteiger partial charge >= 0.3 is 0 Å². The highest BCUT2D eigenvalue weighted by atomic mass is 35.5. The van der Waals surface area contributed by atoms with E-state index in [-0.39, 0.29) is 4.57 Å². The van der Waals surface area contributed by atoms with E-state index in [0.717, 1.165) is 11.8 Å². The maximum Gasteiger partial charge on any atom is 0.279 e. The molecule has 4 heteroatoms. The molecule has 0 aromatic carbocycles. The molecule has 0 aromatic rings. The van der Waals surface area contributed by atoms with Crippen molar-refractivity contribution in [3.05, 3.63) is 0 Å². The average molecular weight is 159 g/mol. The minimum Gasteiger partial charge on any atom is -0.268 e. The van der Waals surface area contributed by atoms with Crippen molar-refractivity contribution in [2.75, 3.05) is 11.6 Å². The molecule has 0 bridgehead atoms. The third-order valence-corrected chi connectivity index (χ3v) is 1.67. The molecule has 0 fully saturated rings. The molecular formula is C3H4Cl2OS. The predicted molar refractivity (Wildman–Crippen MR) is 34.4 cm³/mol. The lowest BCUT2D eigenvalue weighted by atomic mass is 11.0. The molecule has 1 nitrogen and oxygen atoms in total. The Morgan fingerprint density at radius 3 is 2.43 bits per heavy atom. The second-order valence-electron chi connectivity index (χ2n) is 0.775. The van der Waals surface area contributed by atoms with Crippen LogP contribution in [0.5, 0.6) is 0 Å². The van der Waals surface area contributed by atoms with Crippen LogP contribution in [0.2, 0.25) is 0 Å². The Labute approximate surface area is 56.4 Å². The number of hydrogen-bond donors (Lipinski definition) is 0. The Morgan fingerprint density at radius 2 is 2.29 bits per heavy atom. The van der Waals surface area contributed by atoms with Gasteiger partial charge in [0.15, 0.2) is 0 Å². The minimum absolute atomic E-state index is 0.388. The van der Waals surface area contributed by atoms with Crippen LogP contribution in [0, 0.1) is 0 Å². The topological polar surface area (TPSA) is 17.1 Å². The fourth-order valence-electron chi connectivity index (χ4n) is 0.119. The summed E-state index contributed by atoms with van der Waals surface area (Å²) in [6.07, 6.45) is 0. The molecule has 0 heterocycles. The zero-order valence-corrected chi connectivity index (χ0v) is 5.81. The molecule has 0 aliphatic carbocycles. The predicted octanol–water partition coefficient (Wildman–Crippen LogP) is 2.32. The summed E-state index contributed by atoms with van der Waals surface area (Å²) < 4.78 is -0.388. The summed E-state index contributed by atoms with van der Waals surface area (Å²) in [4.78, 5) is 9.87. The standard InChI is InChI=1S/C3H4Cl2OS/c4-1-2-7-3(5)6/h1-2H2. The van der Waals surface area contributed by atoms with E-state index < -0.39 is 0 Å². The second-order valence-corrected chi connectivity index (χ2v) is 2.79. The smallest absolute Gasteiger partial charge is 0.268 e. The largest absolute Gasteiger partial charge is 0.279 e. The number of carbonyl (C=O) groups is 1. The van der Waals surface area contributed by atoms with Gasteiger partial charge in [-0.15, -0.1) is 11.6 Å². The van der Waals surface area contributed by atoms with E-state index in [2.05, 4.69) is 0 Å². The van der Waals surface area contributed by atoms with Gasteiger partial charge in [-0.1, -0.05) is 11.8 Å². The lowest BCUT2D eigenvalue weighted by Crippen LogP contribution is -1.80. The summed E-state index contributed by atoms with van der Waals surface area (Å²) >= 11 is 11.2. The van der Waals surface area contributed by atoms with Crippen LogP contribution in [0.3, 0.4) is 0 Å². The summed E-state index contributed by atoms with van der Waals surface area (Å²) in [5.41, 5.74) is 0. The van der Waals surface area contributed by atoms with Crippen LogP contribution in [-0.4, -0.2) is 16.2 Å². The van der Waals surface area contributed by atoms with E-state index >= 15 is 0 Å². The van der Waals surface area contributed by atoms with E-state index in [0.29, 0.717) is 11.6 Å². The van der Waals surface area contributed by atoms with Gasteiger partial charge in [0, 0.05) is 11.6 Å². The van der Waals surface area contributed by atoms with E-state index in [1.54, 1.807) is 0 Å². The summed E-state index contributed by atoms with van der Waals surface area (Å²) in [5.74, 6) is 1.08. The second kappa shape index (κ2) is 4.75. The first-order valence-electron chi connectivity index (χ1n) is 1.65. The molecule has 0 rings (SSSR count). The lowest BCUT2D eigenvalue weighted by Gasteiger charge is -1.83. The molecule has 0 radical (unpaired) electrons. The SMILES string of the molecule is O=C(Cl)SCCCl. The molecule has 0 saturated heterocycles. The number of hydrogen-bond acceptors (Lipinski definition) is 2. The first kappa shape index (κ1) is 7.60. The van der Waals surface area contributed by atoms with Gasteiger partial charge in [0.25, 0.3) is 4.57 Å². The Kier molecular flexibility index (Phi) is 5.16. The number of thioether (sulfide) groups is 1. The maximum atomic E-state index is 9.87. The van der Waals surface area contributed by atoms with E-state index in [1.165, 1.54) is 0 Å². The fraction of sp³-hybridized carbons (Fsp3) is 0.667. The van der Waals surface area contributed by atoms with Gasteiger partial charge in [0.2, 0.25) is 0 Å². The van der Waals surface area contributed by atoms with Gasteiger partial charge in [-0.05, 0) is 11.6 Å². The summed E-state index contributed by atoms with van der Waals surface area (Å²) in [6, 6.07) is 0. The normalized spacial score (nSPS) is 8.86. The van der Waals surface area contributed by atoms with E-state index in [1.807, 2.05) is 0 Å². The lowest BCUT2D eigenvalue weighted by molar-refractivity contribution is 0.276. The average Bonchev–Trinajstić information content (AvgIpc) is 1.61. The highest BCUT2D eigenvalue weighted by molar-refractivity contribution is 8.16. The Bertz CT molecular complexity index is 66.0. The molecule has 0 saturated carbocycles. The van der Waals surface area contributed by atoms with Gasteiger partial charge in [-0.3, -0.25) is 4.79 Å². The molecule has 0 spiro atoms. The van der Waals surface area contributed by atoms with Crippen molar-refractivity contribution in [1.82, 2.24) is 0 Å². The van der Waals surface area contributed by atoms with Crippen molar-refractivity contribution in [1.29, 1.82) is 0 Å². The molecule has 0 aromatic heterocycles. The van der Waals surface area contributed by atoms with Crippen LogP contribution >= 0.6 is 35.0 Å². The van der Waals surface area contributed by atoms with Gasteiger partial charge in [0.05, 0.1) is 0 Å². The first-order valence-corrected chi connectivity index (χ1v) is 3.55. The van der Waals surface area contributed by atoms with Crippen LogP contribution < -0.4 is 0 Å². The van der Waals surface area contributed by atoms with Gasteiger partial charge in [-0.2, -0.15) is 0 Å². The van der Waals surface area contributed by atoms with Crippen molar-refractivity contribution in [3.8, 4) is 0 Å². The summed E-state index contributed by atoms with van der Waals surface area (Å²) in [5, 5.41) is 0. The van der Waals surface area contributed by atoms with Crippen LogP contribution in [0.1, 0.15) is 0 Å². The van der Waals surface area contributed by atoms with Crippen molar-refractivity contribution in [2.24, 2.45) is 0 Å². The molecule has 7 heavy (non-hydrogen) atoms. The van der Waals surface area contributed by atoms with Crippen molar-refractivity contribution in [3.63, 3.8) is 0 Å². The highest BCUT2D eigenvalue weighted by Crippen LogP contribution is 2.06. The Balaban J connectivity index is 2.82. The molecule has 0 aliphatic rings. The van der Waals surface area contributed by atoms with Crippen LogP contribution in [0.4, 0.5) is 4.79 Å². The summed E-state index contributed by atoms with van der Waals surface area (Å²) in [6.45, 7) is 0. The van der Waals surface area contributed by atoms with E-state index in [9.17, 15) is 4.79 Å². The van der Waals surface area contributed by atoms with E-state index in [4.69, 9.17) is 23.2 Å². The molecule has 0 amide bonds. The van der Waals surface area contributed by atoms with Gasteiger partial charge in [-0.25, -0.2) is 0 Å². The molecule has 42 valence electrons. The molecule has 0 N–H and O–H groups in total. The molecular weight excluding hydrogens is 155 g/mol. The fourth-order valence-corrected chi connectivity index (χ4v) is 0.819. The van der Waals surface area contributed by atoms with Gasteiger partial charge < -0.3 is 0 Å². The number of rotatable bonds is 2. The first-order chi connectivity index (χ1) is 3.27. The number of carbonyl (C=O) groups excluding carboxylic acids is 1. The number of alkyl halides is 1. The molecule has 0 aliphatic heterocycles.